The van der Waals surface area contributed by atoms with Crippen molar-refractivity contribution in [1.29, 1.82) is 0 Å². The van der Waals surface area contributed by atoms with Crippen LogP contribution >= 0.6 is 15.9 Å². The molecule has 0 aliphatic carbocycles. The molecule has 0 saturated carbocycles. The molecule has 5 nitrogen and oxygen atoms in total. The molecule has 1 aromatic rings. The van der Waals surface area contributed by atoms with Gasteiger partial charge in [0.2, 0.25) is 5.91 Å². The van der Waals surface area contributed by atoms with Gasteiger partial charge in [-0.05, 0) is 61.2 Å². The summed E-state index contributed by atoms with van der Waals surface area (Å²) < 4.78 is 6.44. The number of amides is 2. The topological polar surface area (TPSA) is 58.6 Å². The summed E-state index contributed by atoms with van der Waals surface area (Å²) in [6, 6.07) is 6.82. The molecule has 0 radical (unpaired) electrons. The number of benzene rings is 1. The maximum Gasteiger partial charge on any atom is 0.261 e. The number of rotatable bonds is 5. The fourth-order valence-electron chi connectivity index (χ4n) is 2.56. The summed E-state index contributed by atoms with van der Waals surface area (Å²) >= 11 is 3.38. The second-order valence-electron chi connectivity index (χ2n) is 5.81. The highest BCUT2D eigenvalue weighted by Gasteiger charge is 2.25. The first-order valence-electron chi connectivity index (χ1n) is 7.99. The van der Waals surface area contributed by atoms with Crippen molar-refractivity contribution in [1.82, 2.24) is 10.2 Å². The van der Waals surface area contributed by atoms with Crippen LogP contribution in [0.2, 0.25) is 0 Å². The number of halogens is 1. The second-order valence-corrected chi connectivity index (χ2v) is 6.66. The predicted molar refractivity (Wildman–Crippen MR) is 92.3 cm³/mol. The van der Waals surface area contributed by atoms with Crippen molar-refractivity contribution in [3.05, 3.63) is 28.7 Å². The zero-order chi connectivity index (χ0) is 16.8. The van der Waals surface area contributed by atoms with Crippen LogP contribution in [0.4, 0.5) is 0 Å². The van der Waals surface area contributed by atoms with Gasteiger partial charge < -0.3 is 15.0 Å². The molecule has 23 heavy (non-hydrogen) atoms. The quantitative estimate of drug-likeness (QED) is 0.851. The van der Waals surface area contributed by atoms with Crippen molar-refractivity contribution in [3.63, 3.8) is 0 Å². The molecule has 1 aromatic carbocycles. The van der Waals surface area contributed by atoms with Crippen LogP contribution in [0.25, 0.3) is 0 Å². The van der Waals surface area contributed by atoms with Gasteiger partial charge in [0.1, 0.15) is 11.8 Å². The molecule has 1 fully saturated rings. The summed E-state index contributed by atoms with van der Waals surface area (Å²) in [5, 5.41) is 2.75. The fourth-order valence-corrected chi connectivity index (χ4v) is 2.94. The molecule has 2 rings (SSSR count). The lowest BCUT2D eigenvalue weighted by molar-refractivity contribution is -0.138. The Labute approximate surface area is 145 Å². The highest BCUT2D eigenvalue weighted by molar-refractivity contribution is 9.10. The number of nitrogens with one attached hydrogen (secondary N) is 1. The molecular weight excluding hydrogens is 360 g/mol. The van der Waals surface area contributed by atoms with Gasteiger partial charge in [0.05, 0.1) is 4.47 Å². The van der Waals surface area contributed by atoms with Crippen molar-refractivity contribution in [3.8, 4) is 5.75 Å². The molecule has 2 amide bonds. The van der Waals surface area contributed by atoms with Crippen LogP contribution in [0.3, 0.4) is 0 Å². The molecule has 2 unspecified atom stereocenters. The number of likely N-dealkylation sites (tertiary alicyclic amines) is 1. The van der Waals surface area contributed by atoms with E-state index in [0.29, 0.717) is 5.75 Å². The first-order valence-corrected chi connectivity index (χ1v) is 8.78. The van der Waals surface area contributed by atoms with Gasteiger partial charge in [0.25, 0.3) is 5.91 Å². The number of ether oxygens (including phenoxy) is 1. The first kappa shape index (κ1) is 17.8. The van der Waals surface area contributed by atoms with Crippen LogP contribution in [0.15, 0.2) is 28.7 Å². The summed E-state index contributed by atoms with van der Waals surface area (Å²) in [5.74, 6) is 0.287. The van der Waals surface area contributed by atoms with Crippen molar-refractivity contribution in [2.75, 3.05) is 13.1 Å². The average molecular weight is 383 g/mol. The third-order valence-electron chi connectivity index (χ3n) is 3.91. The van der Waals surface area contributed by atoms with E-state index >= 15 is 0 Å². The van der Waals surface area contributed by atoms with Gasteiger partial charge in [-0.25, -0.2) is 0 Å². The van der Waals surface area contributed by atoms with E-state index < -0.39 is 12.1 Å². The van der Waals surface area contributed by atoms with Crippen LogP contribution < -0.4 is 10.1 Å². The molecule has 1 heterocycles. The van der Waals surface area contributed by atoms with Gasteiger partial charge in [0, 0.05) is 13.1 Å². The minimum absolute atomic E-state index is 0.0221. The normalized spacial score (nSPS) is 17.3. The second kappa shape index (κ2) is 8.34. The Bertz CT molecular complexity index is 559. The van der Waals surface area contributed by atoms with Crippen LogP contribution in [0, 0.1) is 0 Å². The zero-order valence-electron chi connectivity index (χ0n) is 13.5. The Morgan fingerprint density at radius 2 is 1.83 bits per heavy atom. The molecule has 1 saturated heterocycles. The number of hydrogen-bond donors (Lipinski definition) is 1. The van der Waals surface area contributed by atoms with Crippen LogP contribution in [0.5, 0.6) is 5.75 Å². The van der Waals surface area contributed by atoms with E-state index in [-0.39, 0.29) is 11.8 Å². The lowest BCUT2D eigenvalue weighted by atomic mass is 10.1. The smallest absolute Gasteiger partial charge is 0.261 e. The van der Waals surface area contributed by atoms with E-state index in [9.17, 15) is 9.59 Å². The van der Waals surface area contributed by atoms with E-state index in [2.05, 4.69) is 21.2 Å². The van der Waals surface area contributed by atoms with Crippen LogP contribution in [-0.4, -0.2) is 41.9 Å². The fraction of sp³-hybridized carbons (Fsp3) is 0.529. The predicted octanol–water partition coefficient (Wildman–Crippen LogP) is 2.73. The third kappa shape index (κ3) is 4.96. The zero-order valence-corrected chi connectivity index (χ0v) is 15.1. The molecule has 1 aliphatic rings. The summed E-state index contributed by atoms with van der Waals surface area (Å²) in [6.45, 7) is 4.96. The lowest BCUT2D eigenvalue weighted by Gasteiger charge is -2.29. The van der Waals surface area contributed by atoms with Crippen LogP contribution in [0.1, 0.15) is 33.1 Å². The van der Waals surface area contributed by atoms with E-state index in [1.165, 1.54) is 6.42 Å². The number of nitrogens with zero attached hydrogens (tertiary/aromatic N) is 1. The summed E-state index contributed by atoms with van der Waals surface area (Å²) in [7, 11) is 0. The Hall–Kier alpha value is -1.56. The molecule has 0 aromatic heterocycles. The van der Waals surface area contributed by atoms with Crippen molar-refractivity contribution in [2.45, 2.75) is 45.3 Å². The number of hydrogen-bond acceptors (Lipinski definition) is 3. The monoisotopic (exact) mass is 382 g/mol. The van der Waals surface area contributed by atoms with Gasteiger partial charge in [-0.3, -0.25) is 9.59 Å². The molecule has 0 bridgehead atoms. The first-order chi connectivity index (χ1) is 11.0. The van der Waals surface area contributed by atoms with Gasteiger partial charge >= 0.3 is 0 Å². The highest BCUT2D eigenvalue weighted by atomic mass is 79.9. The average Bonchev–Trinajstić information content (AvgIpc) is 2.56. The van der Waals surface area contributed by atoms with E-state index in [1.54, 1.807) is 19.9 Å². The Balaban J connectivity index is 1.87. The molecule has 126 valence electrons. The Morgan fingerprint density at radius 1 is 1.17 bits per heavy atom. The van der Waals surface area contributed by atoms with Crippen molar-refractivity contribution >= 4 is 27.7 Å². The van der Waals surface area contributed by atoms with Gasteiger partial charge in [0.15, 0.2) is 6.10 Å². The van der Waals surface area contributed by atoms with Gasteiger partial charge in [-0.15, -0.1) is 0 Å². The highest BCUT2D eigenvalue weighted by Crippen LogP contribution is 2.24. The minimum Gasteiger partial charge on any atom is -0.480 e. The lowest BCUT2D eigenvalue weighted by Crippen LogP contribution is -2.51. The summed E-state index contributed by atoms with van der Waals surface area (Å²) in [5.41, 5.74) is 0. The minimum atomic E-state index is -0.676. The Kier molecular flexibility index (Phi) is 6.45. The number of carbonyl (C=O) groups excluding carboxylic acids is 2. The maximum absolute atomic E-state index is 12.3. The summed E-state index contributed by atoms with van der Waals surface area (Å²) in [4.78, 5) is 26.4. The molecule has 2 atom stereocenters. The number of para-hydroxylation sites is 1. The standard InChI is InChI=1S/C17H23BrN2O3/c1-12(17(22)20-10-6-3-7-11-20)19-16(21)13(2)23-15-9-5-4-8-14(15)18/h4-5,8-9,12-13H,3,6-7,10-11H2,1-2H3,(H,19,21). The third-order valence-corrected chi connectivity index (χ3v) is 4.56. The number of piperidine rings is 1. The van der Waals surface area contributed by atoms with E-state index in [4.69, 9.17) is 4.74 Å². The molecule has 1 N–H and O–H groups in total. The molecule has 1 aliphatic heterocycles. The van der Waals surface area contributed by atoms with Crippen LogP contribution in [-0.2, 0) is 9.59 Å². The molecule has 6 heteroatoms. The van der Waals surface area contributed by atoms with Gasteiger partial charge in [-0.2, -0.15) is 0 Å². The molecule has 0 spiro atoms. The largest absolute Gasteiger partial charge is 0.480 e. The van der Waals surface area contributed by atoms with E-state index in [0.717, 1.165) is 30.4 Å². The van der Waals surface area contributed by atoms with E-state index in [1.807, 2.05) is 23.1 Å². The maximum atomic E-state index is 12.3. The van der Waals surface area contributed by atoms with Gasteiger partial charge in [-0.1, -0.05) is 12.1 Å². The van der Waals surface area contributed by atoms with Crippen molar-refractivity contribution in [2.24, 2.45) is 0 Å². The number of carbonyl (C=O) groups is 2. The molecular formula is C17H23BrN2O3. The van der Waals surface area contributed by atoms with Crippen molar-refractivity contribution < 1.29 is 14.3 Å². The SMILES string of the molecule is CC(NC(=O)C(C)Oc1ccccc1Br)C(=O)N1CCCCC1. The summed E-state index contributed by atoms with van der Waals surface area (Å²) in [6.07, 6.45) is 2.56. The Morgan fingerprint density at radius 3 is 2.48 bits per heavy atom.